The van der Waals surface area contributed by atoms with Crippen molar-refractivity contribution in [2.75, 3.05) is 38.0 Å². The Kier molecular flexibility index (Phi) is 7.67. The molecule has 0 bridgehead atoms. The van der Waals surface area contributed by atoms with Crippen LogP contribution in [0.15, 0.2) is 54.6 Å². The average Bonchev–Trinajstić information content (AvgIpc) is 2.67. The lowest BCUT2D eigenvalue weighted by Gasteiger charge is -2.28. The van der Waals surface area contributed by atoms with E-state index in [2.05, 4.69) is 36.2 Å². The fourth-order valence-corrected chi connectivity index (χ4v) is 2.86. The van der Waals surface area contributed by atoms with Crippen LogP contribution in [0.4, 0.5) is 16.2 Å². The van der Waals surface area contributed by atoms with Gasteiger partial charge in [0.2, 0.25) is 0 Å². The zero-order valence-corrected chi connectivity index (χ0v) is 17.0. The number of likely N-dealkylation sites (N-methyl/N-ethyl adjacent to an activating group) is 1. The molecule has 0 aliphatic heterocycles. The second kappa shape index (κ2) is 9.97. The smallest absolute Gasteiger partial charge is 0.321 e. The van der Waals surface area contributed by atoms with Gasteiger partial charge in [-0.25, -0.2) is 4.79 Å². The number of methoxy groups -OCH3 is 1. The number of nitrogens with one attached hydrogen (secondary N) is 1. The lowest BCUT2D eigenvalue weighted by atomic mass is 10.1. The fourth-order valence-electron chi connectivity index (χ4n) is 2.86. The highest BCUT2D eigenvalue weighted by atomic mass is 16.5. The molecule has 1 atom stereocenters. The Balaban J connectivity index is 2.07. The average molecular weight is 370 g/mol. The molecule has 1 N–H and O–H groups in total. The third kappa shape index (κ3) is 6.00. The Morgan fingerprint density at radius 1 is 1.07 bits per heavy atom. The summed E-state index contributed by atoms with van der Waals surface area (Å²) in [6.07, 6.45) is 0.745. The Hall–Kier alpha value is -2.53. The van der Waals surface area contributed by atoms with E-state index in [4.69, 9.17) is 4.74 Å². The van der Waals surface area contributed by atoms with E-state index in [0.29, 0.717) is 12.6 Å². The molecule has 0 radical (unpaired) electrons. The summed E-state index contributed by atoms with van der Waals surface area (Å²) in [5.74, 6) is 0. The maximum Gasteiger partial charge on any atom is 0.321 e. The molecule has 2 amide bonds. The Morgan fingerprint density at radius 3 is 2.41 bits per heavy atom. The largest absolute Gasteiger partial charge is 0.383 e. The highest BCUT2D eigenvalue weighted by molar-refractivity contribution is 5.90. The molecule has 5 heteroatoms. The minimum Gasteiger partial charge on any atom is -0.383 e. The number of rotatable bonds is 8. The molecular weight excluding hydrogens is 338 g/mol. The first-order valence-electron chi connectivity index (χ1n) is 9.32. The number of nitrogens with zero attached hydrogens (tertiary/aromatic N) is 2. The number of hydrogen-bond donors (Lipinski definition) is 1. The third-order valence-electron chi connectivity index (χ3n) is 4.82. The topological polar surface area (TPSA) is 44.8 Å². The predicted molar refractivity (Wildman–Crippen MR) is 113 cm³/mol. The number of carbonyl (C=O) groups is 1. The van der Waals surface area contributed by atoms with Gasteiger partial charge in [0, 0.05) is 38.6 Å². The second-order valence-electron chi connectivity index (χ2n) is 7.09. The van der Waals surface area contributed by atoms with Crippen LogP contribution in [0.5, 0.6) is 0 Å². The highest BCUT2D eigenvalue weighted by Crippen LogP contribution is 2.20. The fraction of sp³-hybridized carbons (Fsp3) is 0.409. The zero-order valence-electron chi connectivity index (χ0n) is 17.0. The van der Waals surface area contributed by atoms with E-state index in [0.717, 1.165) is 17.8 Å². The van der Waals surface area contributed by atoms with Crippen LogP contribution in [0.2, 0.25) is 0 Å². The van der Waals surface area contributed by atoms with Crippen molar-refractivity contribution in [2.45, 2.75) is 32.4 Å². The molecule has 2 aromatic carbocycles. The van der Waals surface area contributed by atoms with Crippen molar-refractivity contribution in [1.29, 1.82) is 0 Å². The van der Waals surface area contributed by atoms with Gasteiger partial charge in [-0.05, 0) is 44.0 Å². The number of hydrogen-bond acceptors (Lipinski definition) is 3. The molecule has 2 rings (SSSR count). The van der Waals surface area contributed by atoms with Gasteiger partial charge in [-0.3, -0.25) is 0 Å². The van der Waals surface area contributed by atoms with E-state index in [1.807, 2.05) is 56.6 Å². The summed E-state index contributed by atoms with van der Waals surface area (Å²) in [4.78, 5) is 16.7. The first-order chi connectivity index (χ1) is 12.9. The maximum atomic E-state index is 12.8. The number of amides is 2. The highest BCUT2D eigenvalue weighted by Gasteiger charge is 2.20. The van der Waals surface area contributed by atoms with Crippen LogP contribution in [0.3, 0.4) is 0 Å². The third-order valence-corrected chi connectivity index (χ3v) is 4.82. The van der Waals surface area contributed by atoms with Gasteiger partial charge in [-0.1, -0.05) is 36.4 Å². The molecule has 0 heterocycles. The van der Waals surface area contributed by atoms with Gasteiger partial charge in [-0.15, -0.1) is 0 Å². The second-order valence-corrected chi connectivity index (χ2v) is 7.09. The summed E-state index contributed by atoms with van der Waals surface area (Å²) >= 11 is 0. The molecule has 0 fully saturated rings. The first kappa shape index (κ1) is 20.8. The van der Waals surface area contributed by atoms with E-state index in [1.54, 1.807) is 12.0 Å². The van der Waals surface area contributed by atoms with E-state index in [-0.39, 0.29) is 12.1 Å². The number of ether oxygens (including phenoxy) is 1. The lowest BCUT2D eigenvalue weighted by molar-refractivity contribution is 0.120. The molecule has 0 aromatic heterocycles. The molecule has 27 heavy (non-hydrogen) atoms. The van der Waals surface area contributed by atoms with Crippen molar-refractivity contribution >= 4 is 17.4 Å². The Labute approximate surface area is 162 Å². The molecule has 0 aliphatic carbocycles. The van der Waals surface area contributed by atoms with Crippen LogP contribution in [0.1, 0.15) is 19.4 Å². The summed E-state index contributed by atoms with van der Waals surface area (Å²) in [6, 6.07) is 18.3. The van der Waals surface area contributed by atoms with Gasteiger partial charge in [0.1, 0.15) is 0 Å². The normalized spacial score (nSPS) is 11.9. The molecule has 2 aromatic rings. The van der Waals surface area contributed by atoms with Gasteiger partial charge >= 0.3 is 6.03 Å². The van der Waals surface area contributed by atoms with E-state index in [9.17, 15) is 4.79 Å². The SMILES string of the molecule is COC[C@@H](Cc1ccccc1)N(C)C(=O)Nc1cccc(N(C)C(C)C)c1. The Bertz CT molecular complexity index is 719. The minimum absolute atomic E-state index is 0.0427. The molecule has 5 nitrogen and oxygen atoms in total. The van der Waals surface area contributed by atoms with E-state index in [1.165, 1.54) is 5.56 Å². The van der Waals surface area contributed by atoms with Crippen LogP contribution in [-0.2, 0) is 11.2 Å². The molecular formula is C22H31N3O2. The minimum atomic E-state index is -0.141. The van der Waals surface area contributed by atoms with E-state index >= 15 is 0 Å². The number of benzene rings is 2. The molecule has 0 aliphatic rings. The quantitative estimate of drug-likeness (QED) is 0.756. The maximum absolute atomic E-state index is 12.8. The Morgan fingerprint density at radius 2 is 1.78 bits per heavy atom. The number of anilines is 2. The molecule has 0 unspecified atom stereocenters. The van der Waals surface area contributed by atoms with Gasteiger partial charge in [0.05, 0.1) is 12.6 Å². The van der Waals surface area contributed by atoms with Crippen molar-refractivity contribution in [3.63, 3.8) is 0 Å². The predicted octanol–water partition coefficient (Wildman–Crippen LogP) is 4.25. The monoisotopic (exact) mass is 369 g/mol. The lowest BCUT2D eigenvalue weighted by Crippen LogP contribution is -2.43. The van der Waals surface area contributed by atoms with Gasteiger partial charge in [0.25, 0.3) is 0 Å². The van der Waals surface area contributed by atoms with Crippen molar-refractivity contribution in [3.05, 3.63) is 60.2 Å². The van der Waals surface area contributed by atoms with Crippen LogP contribution in [0, 0.1) is 0 Å². The standard InChI is InChI=1S/C22H31N3O2/c1-17(2)24(3)20-13-9-12-19(15-20)23-22(26)25(4)21(16-27-5)14-18-10-7-6-8-11-18/h6-13,15,17,21H,14,16H2,1-5H3,(H,23,26)/t21-/m1/s1. The van der Waals surface area contributed by atoms with Crippen LogP contribution in [0.25, 0.3) is 0 Å². The molecule has 0 spiro atoms. The van der Waals surface area contributed by atoms with Crippen molar-refractivity contribution in [1.82, 2.24) is 4.90 Å². The van der Waals surface area contributed by atoms with Crippen LogP contribution in [-0.4, -0.2) is 50.8 Å². The first-order valence-corrected chi connectivity index (χ1v) is 9.32. The zero-order chi connectivity index (χ0) is 19.8. The number of carbonyl (C=O) groups excluding carboxylic acids is 1. The van der Waals surface area contributed by atoms with Crippen molar-refractivity contribution in [3.8, 4) is 0 Å². The summed E-state index contributed by atoms with van der Waals surface area (Å²) < 4.78 is 5.35. The van der Waals surface area contributed by atoms with Gasteiger partial charge < -0.3 is 19.9 Å². The van der Waals surface area contributed by atoms with Gasteiger partial charge in [0.15, 0.2) is 0 Å². The molecule has 146 valence electrons. The molecule has 0 saturated heterocycles. The molecule has 0 saturated carbocycles. The summed E-state index contributed by atoms with van der Waals surface area (Å²) in [6.45, 7) is 4.75. The van der Waals surface area contributed by atoms with Crippen LogP contribution < -0.4 is 10.2 Å². The summed E-state index contributed by atoms with van der Waals surface area (Å²) in [5, 5.41) is 3.01. The number of urea groups is 1. The van der Waals surface area contributed by atoms with Crippen molar-refractivity contribution in [2.24, 2.45) is 0 Å². The summed E-state index contributed by atoms with van der Waals surface area (Å²) in [7, 11) is 5.52. The van der Waals surface area contributed by atoms with Crippen molar-refractivity contribution < 1.29 is 9.53 Å². The van der Waals surface area contributed by atoms with Gasteiger partial charge in [-0.2, -0.15) is 0 Å². The van der Waals surface area contributed by atoms with Crippen LogP contribution >= 0.6 is 0 Å². The van der Waals surface area contributed by atoms with E-state index < -0.39 is 0 Å². The summed E-state index contributed by atoms with van der Waals surface area (Å²) in [5.41, 5.74) is 3.04.